The smallest absolute Gasteiger partial charge is 0.335 e. The number of rotatable bonds is 13. The third-order valence-electron chi connectivity index (χ3n) is 3.15. The Morgan fingerprint density at radius 2 is 1.58 bits per heavy atom. The van der Waals surface area contributed by atoms with Gasteiger partial charge in [-0.1, -0.05) is 32.6 Å². The second-order valence-corrected chi connectivity index (χ2v) is 8.39. The summed E-state index contributed by atoms with van der Waals surface area (Å²) in [5.41, 5.74) is 0. The molecule has 3 nitrogen and oxygen atoms in total. The molecule has 0 N–H and O–H groups in total. The quantitative estimate of drug-likeness (QED) is 0.282. The van der Waals surface area contributed by atoms with Crippen molar-refractivity contribution in [1.29, 1.82) is 0 Å². The first-order valence-electron chi connectivity index (χ1n) is 7.94. The molecule has 0 aromatic rings. The minimum atomic E-state index is -1.93. The highest BCUT2D eigenvalue weighted by Gasteiger charge is 2.29. The van der Waals surface area contributed by atoms with Gasteiger partial charge in [0.15, 0.2) is 0 Å². The Labute approximate surface area is 121 Å². The maximum Gasteiger partial charge on any atom is 0.335 e. The second kappa shape index (κ2) is 12.8. The molecule has 0 aromatic heterocycles. The lowest BCUT2D eigenvalue weighted by atomic mass is 10.2. The largest absolute Gasteiger partial charge is 0.395 e. The lowest BCUT2D eigenvalue weighted by Crippen LogP contribution is -2.38. The molecule has 0 heterocycles. The van der Waals surface area contributed by atoms with Gasteiger partial charge in [0, 0.05) is 19.8 Å². The summed E-state index contributed by atoms with van der Waals surface area (Å²) in [6.07, 6.45) is 9.60. The molecule has 0 amide bonds. The lowest BCUT2D eigenvalue weighted by molar-refractivity contribution is 0.189. The van der Waals surface area contributed by atoms with Gasteiger partial charge in [0.05, 0.1) is 0 Å². The summed E-state index contributed by atoms with van der Waals surface area (Å²) in [7, 11) is -1.93. The van der Waals surface area contributed by atoms with Gasteiger partial charge in [0.25, 0.3) is 0 Å². The van der Waals surface area contributed by atoms with Crippen molar-refractivity contribution in [3.63, 3.8) is 0 Å². The normalized spacial score (nSPS) is 12.4. The zero-order valence-corrected chi connectivity index (χ0v) is 14.4. The van der Waals surface area contributed by atoms with E-state index in [9.17, 15) is 0 Å². The molecule has 0 saturated heterocycles. The SMILES string of the molecule is CCCCCCCN=CCC[Si](C)(OCC)OCC. The second-order valence-electron chi connectivity index (χ2n) is 5.04. The summed E-state index contributed by atoms with van der Waals surface area (Å²) in [5, 5.41) is 0. The number of unbranched alkanes of at least 4 members (excludes halogenated alkanes) is 4. The van der Waals surface area contributed by atoms with Gasteiger partial charge in [-0.2, -0.15) is 0 Å². The maximum absolute atomic E-state index is 5.80. The molecular formula is C15H33NO2Si. The topological polar surface area (TPSA) is 30.8 Å². The summed E-state index contributed by atoms with van der Waals surface area (Å²) in [6, 6.07) is 1.01. The maximum atomic E-state index is 5.80. The molecule has 0 spiro atoms. The van der Waals surface area contributed by atoms with E-state index in [0.717, 1.165) is 32.2 Å². The molecule has 4 heteroatoms. The zero-order valence-electron chi connectivity index (χ0n) is 13.4. The predicted octanol–water partition coefficient (Wildman–Crippen LogP) is 4.56. The van der Waals surface area contributed by atoms with Gasteiger partial charge in [0.2, 0.25) is 0 Å². The van der Waals surface area contributed by atoms with Crippen molar-refractivity contribution in [2.45, 2.75) is 71.9 Å². The highest BCUT2D eigenvalue weighted by molar-refractivity contribution is 6.66. The fraction of sp³-hybridized carbons (Fsp3) is 0.933. The van der Waals surface area contributed by atoms with Crippen LogP contribution in [-0.4, -0.2) is 34.5 Å². The van der Waals surface area contributed by atoms with Crippen molar-refractivity contribution >= 4 is 14.8 Å². The average molecular weight is 288 g/mol. The molecule has 0 aliphatic heterocycles. The fourth-order valence-corrected chi connectivity index (χ4v) is 4.36. The first-order valence-corrected chi connectivity index (χ1v) is 10.5. The summed E-state index contributed by atoms with van der Waals surface area (Å²) in [4.78, 5) is 4.48. The van der Waals surface area contributed by atoms with Crippen molar-refractivity contribution in [3.05, 3.63) is 0 Å². The van der Waals surface area contributed by atoms with Gasteiger partial charge in [-0.25, -0.2) is 0 Å². The fourth-order valence-electron chi connectivity index (χ4n) is 2.11. The molecule has 19 heavy (non-hydrogen) atoms. The molecular weight excluding hydrogens is 254 g/mol. The van der Waals surface area contributed by atoms with Gasteiger partial charge in [-0.05, 0) is 45.5 Å². The molecule has 0 radical (unpaired) electrons. The molecule has 0 unspecified atom stereocenters. The highest BCUT2D eigenvalue weighted by atomic mass is 28.4. The van der Waals surface area contributed by atoms with Crippen LogP contribution < -0.4 is 0 Å². The van der Waals surface area contributed by atoms with Crippen molar-refractivity contribution in [3.8, 4) is 0 Å². The van der Waals surface area contributed by atoms with Crippen molar-refractivity contribution in [1.82, 2.24) is 0 Å². The van der Waals surface area contributed by atoms with Crippen LogP contribution in [0.4, 0.5) is 0 Å². The molecule has 0 aliphatic rings. The standard InChI is InChI=1S/C15H33NO2Si/c1-5-8-9-10-11-13-16-14-12-15-19(4,17-6-2)18-7-3/h14H,5-13,15H2,1-4H3. The Balaban J connectivity index is 3.63. The lowest BCUT2D eigenvalue weighted by Gasteiger charge is -2.25. The summed E-state index contributed by atoms with van der Waals surface area (Å²) in [5.74, 6) is 0. The number of hydrogen-bond acceptors (Lipinski definition) is 3. The first-order chi connectivity index (χ1) is 9.18. The molecule has 0 bridgehead atoms. The van der Waals surface area contributed by atoms with Gasteiger partial charge in [-0.3, -0.25) is 4.99 Å². The van der Waals surface area contributed by atoms with Crippen LogP contribution in [0.25, 0.3) is 0 Å². The third-order valence-corrected chi connectivity index (χ3v) is 6.14. The third kappa shape index (κ3) is 11.3. The van der Waals surface area contributed by atoms with Crippen LogP contribution in [0.1, 0.15) is 59.3 Å². The van der Waals surface area contributed by atoms with E-state index in [-0.39, 0.29) is 0 Å². The van der Waals surface area contributed by atoms with Crippen LogP contribution in [0, 0.1) is 0 Å². The van der Waals surface area contributed by atoms with E-state index in [2.05, 4.69) is 24.7 Å². The summed E-state index contributed by atoms with van der Waals surface area (Å²) in [6.45, 7) is 10.9. The predicted molar refractivity (Wildman–Crippen MR) is 86.4 cm³/mol. The number of nitrogens with zero attached hydrogens (tertiary/aromatic N) is 1. The van der Waals surface area contributed by atoms with Gasteiger partial charge < -0.3 is 8.85 Å². The number of hydrogen-bond donors (Lipinski definition) is 0. The molecule has 0 fully saturated rings. The van der Waals surface area contributed by atoms with E-state index in [1.807, 2.05) is 13.8 Å². The van der Waals surface area contributed by atoms with E-state index >= 15 is 0 Å². The van der Waals surface area contributed by atoms with Crippen LogP contribution in [0.15, 0.2) is 4.99 Å². The monoisotopic (exact) mass is 287 g/mol. The minimum Gasteiger partial charge on any atom is -0.395 e. The average Bonchev–Trinajstić information content (AvgIpc) is 2.37. The van der Waals surface area contributed by atoms with E-state index < -0.39 is 8.56 Å². The van der Waals surface area contributed by atoms with Gasteiger partial charge in [0.1, 0.15) is 0 Å². The van der Waals surface area contributed by atoms with Crippen LogP contribution in [-0.2, 0) is 8.85 Å². The molecule has 0 atom stereocenters. The Bertz CT molecular complexity index is 216. The van der Waals surface area contributed by atoms with Crippen LogP contribution in [0.3, 0.4) is 0 Å². The van der Waals surface area contributed by atoms with Crippen LogP contribution >= 0.6 is 0 Å². The van der Waals surface area contributed by atoms with Crippen LogP contribution in [0.5, 0.6) is 0 Å². The Morgan fingerprint density at radius 1 is 0.947 bits per heavy atom. The summed E-state index contributed by atoms with van der Waals surface area (Å²) < 4.78 is 11.6. The number of aliphatic imine (C=N–C) groups is 1. The molecule has 0 saturated carbocycles. The van der Waals surface area contributed by atoms with Crippen molar-refractivity contribution in [2.75, 3.05) is 19.8 Å². The molecule has 114 valence electrons. The van der Waals surface area contributed by atoms with Crippen molar-refractivity contribution < 1.29 is 8.85 Å². The molecule has 0 aromatic carbocycles. The Morgan fingerprint density at radius 3 is 2.16 bits per heavy atom. The van der Waals surface area contributed by atoms with E-state index in [4.69, 9.17) is 8.85 Å². The Hall–Kier alpha value is -0.193. The summed E-state index contributed by atoms with van der Waals surface area (Å²) >= 11 is 0. The molecule has 0 rings (SSSR count). The van der Waals surface area contributed by atoms with Gasteiger partial charge >= 0.3 is 8.56 Å². The first kappa shape index (κ1) is 18.8. The van der Waals surface area contributed by atoms with Crippen molar-refractivity contribution in [2.24, 2.45) is 4.99 Å². The van der Waals surface area contributed by atoms with Gasteiger partial charge in [-0.15, -0.1) is 0 Å². The Kier molecular flexibility index (Phi) is 12.7. The van der Waals surface area contributed by atoms with E-state index in [1.54, 1.807) is 0 Å². The zero-order chi connectivity index (χ0) is 14.4. The van der Waals surface area contributed by atoms with E-state index in [1.165, 1.54) is 32.1 Å². The van der Waals surface area contributed by atoms with Crippen LogP contribution in [0.2, 0.25) is 12.6 Å². The van der Waals surface area contributed by atoms with E-state index in [0.29, 0.717) is 0 Å². The molecule has 0 aliphatic carbocycles. The minimum absolute atomic E-state index is 0.747. The highest BCUT2D eigenvalue weighted by Crippen LogP contribution is 2.15.